The van der Waals surface area contributed by atoms with E-state index in [1.165, 1.54) is 6.20 Å². The lowest BCUT2D eigenvalue weighted by Gasteiger charge is -2.35. The zero-order chi connectivity index (χ0) is 24.9. The van der Waals surface area contributed by atoms with Crippen LogP contribution >= 0.6 is 11.6 Å². The molecule has 3 aromatic rings. The number of nitrogens with zero attached hydrogens (tertiary/aromatic N) is 4. The highest BCUT2D eigenvalue weighted by molar-refractivity contribution is 6.33. The molecule has 0 aliphatic heterocycles. The molecule has 2 fully saturated rings. The van der Waals surface area contributed by atoms with E-state index in [1.807, 2.05) is 0 Å². The average molecular weight is 512 g/mol. The molecule has 1 amide bonds. The van der Waals surface area contributed by atoms with Crippen LogP contribution < -0.4 is 16.4 Å². The standard InChI is InChI=1S/C22H22ClF4N7O/c23-14-5-11(24)6-15(25)17(14)32-21-31-16-9-29-20(30-12-7-22(26,27)8-12)33-19(16)34(21)13-3-1-10(2-4-13)18(28)35/h5-6,9-10,12-13H,1-4,7-8H2,(H2,28,35)(H,31,32)(H,29,30,33)/t10-,13-. The second-order valence-corrected chi connectivity index (χ2v) is 9.50. The van der Waals surface area contributed by atoms with Gasteiger partial charge in [0.05, 0.1) is 16.9 Å². The summed E-state index contributed by atoms with van der Waals surface area (Å²) < 4.78 is 56.3. The zero-order valence-electron chi connectivity index (χ0n) is 18.4. The first-order valence-corrected chi connectivity index (χ1v) is 11.6. The first-order chi connectivity index (χ1) is 16.6. The Morgan fingerprint density at radius 1 is 1.14 bits per heavy atom. The third kappa shape index (κ3) is 4.71. The summed E-state index contributed by atoms with van der Waals surface area (Å²) in [5, 5.41) is 5.59. The van der Waals surface area contributed by atoms with Crippen LogP contribution in [0.3, 0.4) is 0 Å². The highest BCUT2D eigenvalue weighted by atomic mass is 35.5. The minimum atomic E-state index is -2.70. The monoisotopic (exact) mass is 511 g/mol. The van der Waals surface area contributed by atoms with Crippen molar-refractivity contribution in [3.05, 3.63) is 35.0 Å². The molecule has 0 bridgehead atoms. The number of benzene rings is 1. The number of amides is 1. The van der Waals surface area contributed by atoms with Crippen LogP contribution in [0.25, 0.3) is 11.2 Å². The van der Waals surface area contributed by atoms with Crippen molar-refractivity contribution in [3.8, 4) is 0 Å². The van der Waals surface area contributed by atoms with Crippen molar-refractivity contribution in [3.63, 3.8) is 0 Å². The van der Waals surface area contributed by atoms with Gasteiger partial charge < -0.3 is 16.4 Å². The van der Waals surface area contributed by atoms with Crippen LogP contribution in [0.4, 0.5) is 35.1 Å². The van der Waals surface area contributed by atoms with Gasteiger partial charge in [0.2, 0.25) is 17.8 Å². The molecule has 0 atom stereocenters. The van der Waals surface area contributed by atoms with Gasteiger partial charge in [-0.05, 0) is 31.7 Å². The molecule has 4 N–H and O–H groups in total. The molecule has 0 saturated heterocycles. The lowest BCUT2D eigenvalue weighted by molar-refractivity contribution is -0.122. The molecule has 186 valence electrons. The van der Waals surface area contributed by atoms with Gasteiger partial charge >= 0.3 is 0 Å². The summed E-state index contributed by atoms with van der Waals surface area (Å²) in [6, 6.07) is 1.06. The quantitative estimate of drug-likeness (QED) is 0.405. The Hall–Kier alpha value is -3.15. The number of carbonyl (C=O) groups is 1. The molecule has 8 nitrogen and oxygen atoms in total. The Morgan fingerprint density at radius 2 is 1.86 bits per heavy atom. The maximum atomic E-state index is 14.5. The summed E-state index contributed by atoms with van der Waals surface area (Å²) in [6.07, 6.45) is 3.10. The molecule has 2 aliphatic rings. The Balaban J connectivity index is 1.51. The fraction of sp³-hybridized carbons (Fsp3) is 0.455. The number of carbonyl (C=O) groups excluding carboxylic acids is 1. The third-order valence-electron chi connectivity index (χ3n) is 6.56. The van der Waals surface area contributed by atoms with Crippen molar-refractivity contribution < 1.29 is 22.4 Å². The summed E-state index contributed by atoms with van der Waals surface area (Å²) in [5.74, 6) is -4.64. The molecule has 5 rings (SSSR count). The van der Waals surface area contributed by atoms with E-state index in [4.69, 9.17) is 17.3 Å². The second kappa shape index (κ2) is 8.81. The van der Waals surface area contributed by atoms with E-state index in [0.29, 0.717) is 42.9 Å². The minimum absolute atomic E-state index is 0.154. The maximum Gasteiger partial charge on any atom is 0.252 e. The lowest BCUT2D eigenvalue weighted by Crippen LogP contribution is -2.44. The molecule has 2 saturated carbocycles. The van der Waals surface area contributed by atoms with Crippen LogP contribution in [0.1, 0.15) is 44.6 Å². The number of anilines is 3. The molecule has 13 heteroatoms. The van der Waals surface area contributed by atoms with Gasteiger partial charge in [0, 0.05) is 36.9 Å². The third-order valence-corrected chi connectivity index (χ3v) is 6.86. The van der Waals surface area contributed by atoms with E-state index in [1.54, 1.807) is 4.57 Å². The largest absolute Gasteiger partial charge is 0.369 e. The van der Waals surface area contributed by atoms with Crippen molar-refractivity contribution in [1.82, 2.24) is 19.5 Å². The molecular formula is C22H22ClF4N7O. The van der Waals surface area contributed by atoms with Gasteiger partial charge in [-0.3, -0.25) is 9.36 Å². The SMILES string of the molecule is NC(=O)[C@H]1CC[C@H](n2c(Nc3c(F)cc(F)cc3Cl)nc3cnc(NC4CC(F)(F)C4)nc32)CC1. The molecule has 35 heavy (non-hydrogen) atoms. The first kappa shape index (κ1) is 23.6. The number of rotatable bonds is 6. The van der Waals surface area contributed by atoms with Crippen molar-refractivity contribution in [1.29, 1.82) is 0 Å². The summed E-state index contributed by atoms with van der Waals surface area (Å²) >= 11 is 6.07. The van der Waals surface area contributed by atoms with Gasteiger partial charge in [0.25, 0.3) is 5.92 Å². The zero-order valence-corrected chi connectivity index (χ0v) is 19.1. The predicted molar refractivity (Wildman–Crippen MR) is 122 cm³/mol. The summed E-state index contributed by atoms with van der Waals surface area (Å²) in [6.45, 7) is 0. The fourth-order valence-corrected chi connectivity index (χ4v) is 4.97. The van der Waals surface area contributed by atoms with Gasteiger partial charge in [0.1, 0.15) is 11.3 Å². The van der Waals surface area contributed by atoms with Crippen LogP contribution in [0.5, 0.6) is 0 Å². The Labute approximate surface area is 202 Å². The van der Waals surface area contributed by atoms with Crippen LogP contribution in [-0.2, 0) is 4.79 Å². The normalized spacial score (nSPS) is 22.1. The van der Waals surface area contributed by atoms with Crippen molar-refractivity contribution in [2.24, 2.45) is 11.7 Å². The number of primary amides is 1. The molecule has 2 aliphatic carbocycles. The Bertz CT molecular complexity index is 1260. The number of nitrogens with two attached hydrogens (primary N) is 1. The molecule has 0 unspecified atom stereocenters. The second-order valence-electron chi connectivity index (χ2n) is 9.09. The van der Waals surface area contributed by atoms with Gasteiger partial charge in [-0.2, -0.15) is 4.98 Å². The topological polar surface area (TPSA) is 111 Å². The number of alkyl halides is 2. The summed E-state index contributed by atoms with van der Waals surface area (Å²) in [4.78, 5) is 24.8. The van der Waals surface area contributed by atoms with E-state index in [0.717, 1.165) is 6.07 Å². The Morgan fingerprint density at radius 3 is 2.49 bits per heavy atom. The predicted octanol–water partition coefficient (Wildman–Crippen LogP) is 4.93. The number of nitrogens with one attached hydrogen (secondary N) is 2. The van der Waals surface area contributed by atoms with Crippen molar-refractivity contribution >= 4 is 46.3 Å². The van der Waals surface area contributed by atoms with Crippen LogP contribution in [0.2, 0.25) is 5.02 Å². The van der Waals surface area contributed by atoms with Crippen molar-refractivity contribution in [2.75, 3.05) is 10.6 Å². The van der Waals surface area contributed by atoms with E-state index < -0.39 is 23.6 Å². The van der Waals surface area contributed by atoms with Crippen LogP contribution in [-0.4, -0.2) is 37.4 Å². The van der Waals surface area contributed by atoms with Gasteiger partial charge in [-0.15, -0.1) is 0 Å². The smallest absolute Gasteiger partial charge is 0.252 e. The van der Waals surface area contributed by atoms with E-state index in [9.17, 15) is 22.4 Å². The number of imidazole rings is 1. The van der Waals surface area contributed by atoms with Gasteiger partial charge in [-0.25, -0.2) is 27.5 Å². The lowest BCUT2D eigenvalue weighted by atomic mass is 9.85. The molecule has 2 heterocycles. The van der Waals surface area contributed by atoms with E-state index >= 15 is 0 Å². The highest BCUT2D eigenvalue weighted by Crippen LogP contribution is 2.40. The molecule has 1 aromatic carbocycles. The summed E-state index contributed by atoms with van der Waals surface area (Å²) in [5.41, 5.74) is 6.09. The van der Waals surface area contributed by atoms with Crippen LogP contribution in [0.15, 0.2) is 18.3 Å². The number of hydrogen-bond donors (Lipinski definition) is 3. The molecule has 2 aromatic heterocycles. The first-order valence-electron chi connectivity index (χ1n) is 11.2. The number of hydrogen-bond acceptors (Lipinski definition) is 6. The highest BCUT2D eigenvalue weighted by Gasteiger charge is 2.45. The molecule has 0 spiro atoms. The number of halogens is 5. The summed E-state index contributed by atoms with van der Waals surface area (Å²) in [7, 11) is 0. The molecule has 0 radical (unpaired) electrons. The average Bonchev–Trinajstić information content (AvgIpc) is 3.12. The van der Waals surface area contributed by atoms with Gasteiger partial charge in [0.15, 0.2) is 11.5 Å². The van der Waals surface area contributed by atoms with E-state index in [-0.39, 0.29) is 53.3 Å². The van der Waals surface area contributed by atoms with Crippen molar-refractivity contribution in [2.45, 2.75) is 56.5 Å². The van der Waals surface area contributed by atoms with E-state index in [2.05, 4.69) is 25.6 Å². The minimum Gasteiger partial charge on any atom is -0.369 e. The van der Waals surface area contributed by atoms with Crippen LogP contribution in [0, 0.1) is 17.6 Å². The van der Waals surface area contributed by atoms with Gasteiger partial charge in [-0.1, -0.05) is 11.6 Å². The Kier molecular flexibility index (Phi) is 5.94. The number of fused-ring (bicyclic) bond motifs is 1. The molecular weight excluding hydrogens is 490 g/mol. The fourth-order valence-electron chi connectivity index (χ4n) is 4.73. The number of aromatic nitrogens is 4. The maximum absolute atomic E-state index is 14.5.